The summed E-state index contributed by atoms with van der Waals surface area (Å²) < 4.78 is 9.76. The number of carbonyl (C=O) groups is 3. The van der Waals surface area contributed by atoms with Gasteiger partial charge in [0.25, 0.3) is 0 Å². The van der Waals surface area contributed by atoms with E-state index in [0.717, 1.165) is 27.7 Å². The predicted molar refractivity (Wildman–Crippen MR) is 119 cm³/mol. The van der Waals surface area contributed by atoms with Crippen molar-refractivity contribution >= 4 is 34.3 Å². The number of ketones is 1. The Kier molecular flexibility index (Phi) is 6.07. The van der Waals surface area contributed by atoms with E-state index >= 15 is 0 Å². The molecule has 1 atom stereocenters. The minimum Gasteiger partial charge on any atom is -0.469 e. The molecule has 32 heavy (non-hydrogen) atoms. The molecule has 0 fully saturated rings. The molecular formula is C25H24N2O5. The molecule has 0 spiro atoms. The number of aromatic amines is 1. The number of allylic oxidation sites excluding steroid dienone is 1. The van der Waals surface area contributed by atoms with Gasteiger partial charge in [-0.3, -0.25) is 9.59 Å². The molecular weight excluding hydrogens is 408 g/mol. The number of nitrogens with one attached hydrogen (secondary N) is 1. The minimum absolute atomic E-state index is 0.377. The van der Waals surface area contributed by atoms with Gasteiger partial charge in [-0.25, -0.2) is 4.79 Å². The third-order valence-electron chi connectivity index (χ3n) is 5.67. The van der Waals surface area contributed by atoms with Crippen molar-refractivity contribution in [3.05, 3.63) is 77.5 Å². The van der Waals surface area contributed by atoms with Gasteiger partial charge in [0.2, 0.25) is 0 Å². The summed E-state index contributed by atoms with van der Waals surface area (Å²) in [6.45, 7) is 0.396. The molecule has 0 bridgehead atoms. The first kappa shape index (κ1) is 21.4. The summed E-state index contributed by atoms with van der Waals surface area (Å²) in [6.07, 6.45) is 1.47. The normalized spacial score (nSPS) is 16.6. The van der Waals surface area contributed by atoms with Gasteiger partial charge in [0.1, 0.15) is 12.5 Å². The Labute approximate surface area is 185 Å². The third-order valence-corrected chi connectivity index (χ3v) is 5.67. The summed E-state index contributed by atoms with van der Waals surface area (Å²) in [5, 5.41) is 0.988. The average Bonchev–Trinajstić information content (AvgIpc) is 3.19. The second-order valence-corrected chi connectivity index (χ2v) is 7.63. The van der Waals surface area contributed by atoms with Crippen LogP contribution in [0.3, 0.4) is 0 Å². The SMILES string of the molecule is COC(=O)CC(=O)/C=C1\c2[nH]c3ccccc3c2C[C@H](C(=O)OC)N1Cc1ccccc1. The highest BCUT2D eigenvalue weighted by Crippen LogP contribution is 2.38. The van der Waals surface area contributed by atoms with Crippen LogP contribution in [0, 0.1) is 0 Å². The number of ether oxygens (including phenoxy) is 2. The molecule has 2 heterocycles. The smallest absolute Gasteiger partial charge is 0.328 e. The molecule has 164 valence electrons. The van der Waals surface area contributed by atoms with E-state index in [4.69, 9.17) is 4.74 Å². The van der Waals surface area contributed by atoms with Crippen LogP contribution in [-0.2, 0) is 36.8 Å². The van der Waals surface area contributed by atoms with Crippen LogP contribution >= 0.6 is 0 Å². The molecule has 7 heteroatoms. The number of fused-ring (bicyclic) bond motifs is 3. The Bertz CT molecular complexity index is 1200. The Morgan fingerprint density at radius 3 is 2.47 bits per heavy atom. The lowest BCUT2D eigenvalue weighted by Gasteiger charge is -2.37. The standard InChI is InChI=1S/C25H24N2O5/c1-31-23(29)13-17(28)12-21-24-19(18-10-6-7-11-20(18)26-24)14-22(25(30)32-2)27(21)15-16-8-4-3-5-9-16/h3-12,22,26H,13-15H2,1-2H3/b21-12+/t22-/m1/s1. The molecule has 3 aromatic rings. The van der Waals surface area contributed by atoms with Crippen molar-refractivity contribution in [3.8, 4) is 0 Å². The van der Waals surface area contributed by atoms with E-state index in [2.05, 4.69) is 9.72 Å². The number of benzene rings is 2. The Morgan fingerprint density at radius 1 is 1.03 bits per heavy atom. The Hall–Kier alpha value is -3.87. The van der Waals surface area contributed by atoms with Crippen molar-refractivity contribution in [3.63, 3.8) is 0 Å². The maximum absolute atomic E-state index is 12.8. The van der Waals surface area contributed by atoms with Crippen molar-refractivity contribution in [1.29, 1.82) is 0 Å². The molecule has 0 saturated carbocycles. The van der Waals surface area contributed by atoms with Crippen LogP contribution in [0.15, 0.2) is 60.7 Å². The van der Waals surface area contributed by atoms with Gasteiger partial charge in [0, 0.05) is 29.9 Å². The van der Waals surface area contributed by atoms with Crippen molar-refractivity contribution in [1.82, 2.24) is 9.88 Å². The zero-order valence-electron chi connectivity index (χ0n) is 18.0. The van der Waals surface area contributed by atoms with E-state index in [1.54, 1.807) is 0 Å². The number of H-pyrrole nitrogens is 1. The average molecular weight is 432 g/mol. The highest BCUT2D eigenvalue weighted by Gasteiger charge is 2.37. The van der Waals surface area contributed by atoms with Gasteiger partial charge in [-0.05, 0) is 17.2 Å². The second kappa shape index (κ2) is 9.09. The third kappa shape index (κ3) is 4.14. The quantitative estimate of drug-likeness (QED) is 0.366. The van der Waals surface area contributed by atoms with Crippen molar-refractivity contribution in [2.45, 2.75) is 25.4 Å². The molecule has 0 radical (unpaired) electrons. The highest BCUT2D eigenvalue weighted by molar-refractivity contribution is 6.06. The van der Waals surface area contributed by atoms with Crippen LogP contribution in [0.4, 0.5) is 0 Å². The van der Waals surface area contributed by atoms with E-state index in [-0.39, 0.29) is 12.4 Å². The monoisotopic (exact) mass is 432 g/mol. The molecule has 1 aliphatic rings. The van der Waals surface area contributed by atoms with E-state index in [0.29, 0.717) is 18.7 Å². The maximum Gasteiger partial charge on any atom is 0.328 e. The summed E-state index contributed by atoms with van der Waals surface area (Å²) >= 11 is 0. The Morgan fingerprint density at radius 2 is 1.75 bits per heavy atom. The number of rotatable bonds is 6. The first-order chi connectivity index (χ1) is 15.5. The van der Waals surface area contributed by atoms with Crippen LogP contribution in [0.1, 0.15) is 23.2 Å². The van der Waals surface area contributed by atoms with Gasteiger partial charge in [-0.2, -0.15) is 0 Å². The number of carbonyl (C=O) groups excluding carboxylic acids is 3. The van der Waals surface area contributed by atoms with Gasteiger partial charge in [-0.15, -0.1) is 0 Å². The minimum atomic E-state index is -0.621. The summed E-state index contributed by atoms with van der Waals surface area (Å²) in [4.78, 5) is 42.5. The molecule has 4 rings (SSSR count). The number of aromatic nitrogens is 1. The molecule has 1 aromatic heterocycles. The molecule has 1 N–H and O–H groups in total. The number of para-hydroxylation sites is 1. The summed E-state index contributed by atoms with van der Waals surface area (Å²) in [6, 6.07) is 16.9. The van der Waals surface area contributed by atoms with Crippen LogP contribution < -0.4 is 0 Å². The van der Waals surface area contributed by atoms with Gasteiger partial charge >= 0.3 is 11.9 Å². The lowest BCUT2D eigenvalue weighted by Crippen LogP contribution is -2.45. The van der Waals surface area contributed by atoms with E-state index in [1.807, 2.05) is 59.5 Å². The van der Waals surface area contributed by atoms with Crippen LogP contribution in [0.5, 0.6) is 0 Å². The number of hydrogen-bond donors (Lipinski definition) is 1. The molecule has 1 aliphatic heterocycles. The van der Waals surface area contributed by atoms with E-state index in [1.165, 1.54) is 20.3 Å². The largest absolute Gasteiger partial charge is 0.469 e. The summed E-state index contributed by atoms with van der Waals surface area (Å²) in [5.41, 5.74) is 4.15. The number of methoxy groups -OCH3 is 2. The second-order valence-electron chi connectivity index (χ2n) is 7.63. The molecule has 0 amide bonds. The fraction of sp³-hybridized carbons (Fsp3) is 0.240. The zero-order chi connectivity index (χ0) is 22.7. The van der Waals surface area contributed by atoms with Gasteiger partial charge in [0.05, 0.1) is 25.6 Å². The van der Waals surface area contributed by atoms with Crippen LogP contribution in [0.2, 0.25) is 0 Å². The molecule has 0 saturated heterocycles. The molecule has 2 aromatic carbocycles. The molecule has 0 aliphatic carbocycles. The lowest BCUT2D eigenvalue weighted by atomic mass is 9.93. The zero-order valence-corrected chi connectivity index (χ0v) is 18.0. The van der Waals surface area contributed by atoms with Crippen LogP contribution in [-0.4, -0.2) is 47.9 Å². The fourth-order valence-corrected chi connectivity index (χ4v) is 4.14. The van der Waals surface area contributed by atoms with E-state index < -0.39 is 17.8 Å². The van der Waals surface area contributed by atoms with Crippen molar-refractivity contribution in [2.75, 3.05) is 14.2 Å². The van der Waals surface area contributed by atoms with E-state index in [9.17, 15) is 14.4 Å². The molecule has 0 unspecified atom stereocenters. The van der Waals surface area contributed by atoms with Crippen LogP contribution in [0.25, 0.3) is 16.6 Å². The predicted octanol–water partition coefficient (Wildman–Crippen LogP) is 3.24. The Balaban J connectivity index is 1.87. The van der Waals surface area contributed by atoms with Gasteiger partial charge < -0.3 is 19.4 Å². The number of hydrogen-bond acceptors (Lipinski definition) is 6. The number of esters is 2. The maximum atomic E-state index is 12.8. The topological polar surface area (TPSA) is 88.7 Å². The fourth-order valence-electron chi connectivity index (χ4n) is 4.14. The number of nitrogens with zero attached hydrogens (tertiary/aromatic N) is 1. The van der Waals surface area contributed by atoms with Gasteiger partial charge in [-0.1, -0.05) is 48.5 Å². The summed E-state index contributed by atoms with van der Waals surface area (Å²) in [5.74, 6) is -1.40. The van der Waals surface area contributed by atoms with Crippen molar-refractivity contribution in [2.24, 2.45) is 0 Å². The first-order valence-corrected chi connectivity index (χ1v) is 10.3. The lowest BCUT2D eigenvalue weighted by molar-refractivity contribution is -0.146. The van der Waals surface area contributed by atoms with Crippen molar-refractivity contribution < 1.29 is 23.9 Å². The summed E-state index contributed by atoms with van der Waals surface area (Å²) in [7, 11) is 2.60. The van der Waals surface area contributed by atoms with Gasteiger partial charge in [0.15, 0.2) is 5.78 Å². The first-order valence-electron chi connectivity index (χ1n) is 10.3. The highest BCUT2D eigenvalue weighted by atomic mass is 16.5. The molecule has 7 nitrogen and oxygen atoms in total.